The zero-order valence-electron chi connectivity index (χ0n) is 8.25. The van der Waals surface area contributed by atoms with E-state index in [0.29, 0.717) is 17.7 Å². The molecule has 0 radical (unpaired) electrons. The first-order valence-corrected chi connectivity index (χ1v) is 4.47. The molecule has 3 heteroatoms. The van der Waals surface area contributed by atoms with Crippen molar-refractivity contribution in [1.29, 1.82) is 0 Å². The van der Waals surface area contributed by atoms with Gasteiger partial charge >= 0.3 is 0 Å². The highest BCUT2D eigenvalue weighted by Crippen LogP contribution is 2.11. The zero-order chi connectivity index (χ0) is 10.3. The molecule has 0 aliphatic rings. The third-order valence-electron chi connectivity index (χ3n) is 1.71. The molecule has 0 spiro atoms. The van der Waals surface area contributed by atoms with Crippen molar-refractivity contribution < 1.29 is 10.3 Å². The van der Waals surface area contributed by atoms with Gasteiger partial charge in [-0.2, -0.15) is 0 Å². The summed E-state index contributed by atoms with van der Waals surface area (Å²) in [6.45, 7) is 7.32. The van der Waals surface area contributed by atoms with Gasteiger partial charge in [0.1, 0.15) is 5.76 Å². The molecule has 0 aromatic rings. The molecule has 0 rings (SSSR count). The SMILES string of the molecule is C=C(O)C(=C\CCC)/C(CC)=N/O. The molecule has 0 saturated carbocycles. The third-order valence-corrected chi connectivity index (χ3v) is 1.71. The number of allylic oxidation sites excluding steroid dienone is 2. The van der Waals surface area contributed by atoms with Crippen LogP contribution in [0.3, 0.4) is 0 Å². The van der Waals surface area contributed by atoms with E-state index in [9.17, 15) is 5.11 Å². The third kappa shape index (κ3) is 3.78. The second-order valence-electron chi connectivity index (χ2n) is 2.75. The Morgan fingerprint density at radius 1 is 1.46 bits per heavy atom. The Hall–Kier alpha value is -1.25. The monoisotopic (exact) mass is 183 g/mol. The lowest BCUT2D eigenvalue weighted by Crippen LogP contribution is -2.03. The summed E-state index contributed by atoms with van der Waals surface area (Å²) in [6.07, 6.45) is 4.24. The van der Waals surface area contributed by atoms with E-state index in [4.69, 9.17) is 5.21 Å². The van der Waals surface area contributed by atoms with Gasteiger partial charge in [0.05, 0.1) is 5.71 Å². The molecule has 3 nitrogen and oxygen atoms in total. The Morgan fingerprint density at radius 2 is 2.08 bits per heavy atom. The minimum atomic E-state index is -0.0388. The van der Waals surface area contributed by atoms with Crippen LogP contribution in [0, 0.1) is 0 Å². The molecule has 13 heavy (non-hydrogen) atoms. The molecule has 0 atom stereocenters. The van der Waals surface area contributed by atoms with E-state index < -0.39 is 0 Å². The Balaban J connectivity index is 4.69. The lowest BCUT2D eigenvalue weighted by Gasteiger charge is -2.05. The smallest absolute Gasteiger partial charge is 0.117 e. The highest BCUT2D eigenvalue weighted by molar-refractivity contribution is 6.02. The van der Waals surface area contributed by atoms with Crippen LogP contribution in [0.5, 0.6) is 0 Å². The van der Waals surface area contributed by atoms with Crippen molar-refractivity contribution in [2.24, 2.45) is 5.16 Å². The van der Waals surface area contributed by atoms with Crippen LogP contribution < -0.4 is 0 Å². The Bertz CT molecular complexity index is 229. The molecule has 0 aromatic carbocycles. The zero-order valence-corrected chi connectivity index (χ0v) is 8.25. The fraction of sp³-hybridized carbons (Fsp3) is 0.500. The highest BCUT2D eigenvalue weighted by atomic mass is 16.4. The van der Waals surface area contributed by atoms with Gasteiger partial charge in [-0.3, -0.25) is 0 Å². The molecular formula is C10H17NO2. The fourth-order valence-corrected chi connectivity index (χ4v) is 1.01. The minimum Gasteiger partial charge on any atom is -0.508 e. The lowest BCUT2D eigenvalue weighted by atomic mass is 10.1. The topological polar surface area (TPSA) is 52.8 Å². The summed E-state index contributed by atoms with van der Waals surface area (Å²) in [4.78, 5) is 0. The summed E-state index contributed by atoms with van der Waals surface area (Å²) >= 11 is 0. The van der Waals surface area contributed by atoms with E-state index in [-0.39, 0.29) is 5.76 Å². The van der Waals surface area contributed by atoms with Crippen LogP contribution in [0.15, 0.2) is 29.1 Å². The van der Waals surface area contributed by atoms with E-state index in [1.165, 1.54) is 0 Å². The van der Waals surface area contributed by atoms with Gasteiger partial charge in [-0.1, -0.05) is 38.1 Å². The average Bonchev–Trinajstić information content (AvgIpc) is 2.11. The molecule has 2 N–H and O–H groups in total. The molecule has 0 aromatic heterocycles. The van der Waals surface area contributed by atoms with Crippen LogP contribution in [0.4, 0.5) is 0 Å². The van der Waals surface area contributed by atoms with Crippen LogP contribution in [0.25, 0.3) is 0 Å². The van der Waals surface area contributed by atoms with E-state index >= 15 is 0 Å². The molecular weight excluding hydrogens is 166 g/mol. The second kappa shape index (κ2) is 6.29. The number of nitrogens with zero attached hydrogens (tertiary/aromatic N) is 1. The number of rotatable bonds is 5. The number of unbranched alkanes of at least 4 members (excludes halogenated alkanes) is 1. The van der Waals surface area contributed by atoms with Gasteiger partial charge < -0.3 is 10.3 Å². The van der Waals surface area contributed by atoms with Crippen molar-refractivity contribution in [2.45, 2.75) is 33.1 Å². The number of oxime groups is 1. The predicted molar refractivity (Wildman–Crippen MR) is 54.3 cm³/mol. The van der Waals surface area contributed by atoms with Crippen LogP contribution in [0.2, 0.25) is 0 Å². The maximum Gasteiger partial charge on any atom is 0.117 e. The fourth-order valence-electron chi connectivity index (χ4n) is 1.01. The molecule has 0 fully saturated rings. The maximum absolute atomic E-state index is 9.22. The van der Waals surface area contributed by atoms with Gasteiger partial charge in [-0.15, -0.1) is 0 Å². The number of hydrogen-bond donors (Lipinski definition) is 2. The van der Waals surface area contributed by atoms with E-state index in [2.05, 4.69) is 11.7 Å². The molecule has 0 amide bonds. The van der Waals surface area contributed by atoms with Gasteiger partial charge in [-0.25, -0.2) is 0 Å². The molecule has 0 aliphatic carbocycles. The molecule has 0 aliphatic heterocycles. The summed E-state index contributed by atoms with van der Waals surface area (Å²) < 4.78 is 0. The Labute approximate surface area is 79.1 Å². The van der Waals surface area contributed by atoms with Crippen molar-refractivity contribution in [3.05, 3.63) is 24.0 Å². The summed E-state index contributed by atoms with van der Waals surface area (Å²) in [5.74, 6) is -0.0388. The Morgan fingerprint density at radius 3 is 2.38 bits per heavy atom. The maximum atomic E-state index is 9.22. The summed E-state index contributed by atoms with van der Waals surface area (Å²) in [7, 11) is 0. The molecule has 0 heterocycles. The van der Waals surface area contributed by atoms with E-state index in [1.807, 2.05) is 19.9 Å². The van der Waals surface area contributed by atoms with Gasteiger partial charge in [0.25, 0.3) is 0 Å². The van der Waals surface area contributed by atoms with Crippen molar-refractivity contribution in [2.75, 3.05) is 0 Å². The molecule has 74 valence electrons. The first-order valence-electron chi connectivity index (χ1n) is 4.47. The number of aliphatic hydroxyl groups excluding tert-OH is 1. The van der Waals surface area contributed by atoms with Crippen LogP contribution in [0.1, 0.15) is 33.1 Å². The minimum absolute atomic E-state index is 0.0388. The standard InChI is InChI=1S/C10H17NO2/c1-4-6-7-9(8(3)12)10(5-2)11-13/h7,12-13H,3-6H2,1-2H3/b9-7+,11-10+. The van der Waals surface area contributed by atoms with Gasteiger partial charge in [0, 0.05) is 5.57 Å². The summed E-state index contributed by atoms with van der Waals surface area (Å²) in [5.41, 5.74) is 1.02. The van der Waals surface area contributed by atoms with Crippen molar-refractivity contribution in [3.63, 3.8) is 0 Å². The van der Waals surface area contributed by atoms with E-state index in [1.54, 1.807) is 0 Å². The van der Waals surface area contributed by atoms with Crippen LogP contribution in [-0.4, -0.2) is 16.0 Å². The largest absolute Gasteiger partial charge is 0.508 e. The predicted octanol–water partition coefficient (Wildman–Crippen LogP) is 3.02. The first-order chi connectivity index (χ1) is 6.17. The van der Waals surface area contributed by atoms with Crippen molar-refractivity contribution in [1.82, 2.24) is 0 Å². The number of aliphatic hydroxyl groups is 1. The normalized spacial score (nSPS) is 13.1. The highest BCUT2D eigenvalue weighted by Gasteiger charge is 2.07. The molecule has 0 bridgehead atoms. The molecule has 0 saturated heterocycles. The van der Waals surface area contributed by atoms with Crippen molar-refractivity contribution in [3.8, 4) is 0 Å². The van der Waals surface area contributed by atoms with Crippen molar-refractivity contribution >= 4 is 5.71 Å². The second-order valence-corrected chi connectivity index (χ2v) is 2.75. The quantitative estimate of drug-likeness (QED) is 0.226. The average molecular weight is 183 g/mol. The summed E-state index contributed by atoms with van der Waals surface area (Å²) in [5, 5.41) is 21.0. The Kier molecular flexibility index (Phi) is 5.68. The molecule has 0 unspecified atom stereocenters. The first kappa shape index (κ1) is 11.8. The van der Waals surface area contributed by atoms with Crippen LogP contribution in [-0.2, 0) is 0 Å². The van der Waals surface area contributed by atoms with Gasteiger partial charge in [0.2, 0.25) is 0 Å². The lowest BCUT2D eigenvalue weighted by molar-refractivity contribution is 0.317. The summed E-state index contributed by atoms with van der Waals surface area (Å²) in [6, 6.07) is 0. The van der Waals surface area contributed by atoms with Crippen LogP contribution >= 0.6 is 0 Å². The number of hydrogen-bond acceptors (Lipinski definition) is 3. The van der Waals surface area contributed by atoms with Gasteiger partial charge in [0.15, 0.2) is 0 Å². The van der Waals surface area contributed by atoms with Gasteiger partial charge in [-0.05, 0) is 12.8 Å². The van der Waals surface area contributed by atoms with E-state index in [0.717, 1.165) is 12.8 Å².